The lowest BCUT2D eigenvalue weighted by Crippen LogP contribution is -2.57. The van der Waals surface area contributed by atoms with Crippen LogP contribution in [0.25, 0.3) is 0 Å². The van der Waals surface area contributed by atoms with E-state index in [-0.39, 0.29) is 25.0 Å². The molecule has 0 unspecified atom stereocenters. The molecule has 1 heterocycles. The summed E-state index contributed by atoms with van der Waals surface area (Å²) in [6.07, 6.45) is 3.28. The fourth-order valence-corrected chi connectivity index (χ4v) is 2.52. The zero-order valence-corrected chi connectivity index (χ0v) is 11.4. The van der Waals surface area contributed by atoms with Gasteiger partial charge in [0.15, 0.2) is 13.1 Å². The third-order valence-electron chi connectivity index (χ3n) is 3.30. The van der Waals surface area contributed by atoms with E-state index < -0.39 is 0 Å². The van der Waals surface area contributed by atoms with Crippen LogP contribution in [0.2, 0.25) is 0 Å². The zero-order valence-electron chi connectivity index (χ0n) is 11.4. The van der Waals surface area contributed by atoms with Gasteiger partial charge in [0.1, 0.15) is 0 Å². The maximum atomic E-state index is 11.7. The smallest absolute Gasteiger partial charge is 0.361 e. The molecule has 5 nitrogen and oxygen atoms in total. The summed E-state index contributed by atoms with van der Waals surface area (Å²) >= 11 is 0. The average Bonchev–Trinajstić information content (AvgIpc) is 2.30. The van der Waals surface area contributed by atoms with Crippen LogP contribution in [0.5, 0.6) is 0 Å². The van der Waals surface area contributed by atoms with Gasteiger partial charge in [-0.05, 0) is 33.1 Å². The molecule has 104 valence electrons. The summed E-state index contributed by atoms with van der Waals surface area (Å²) in [5.74, 6) is -0.438. The van der Waals surface area contributed by atoms with Gasteiger partial charge in [0.2, 0.25) is 0 Å². The van der Waals surface area contributed by atoms with Crippen molar-refractivity contribution in [1.82, 2.24) is 0 Å². The maximum Gasteiger partial charge on any atom is 0.361 e. The SMILES string of the molecule is CCOC(=O)C[N+]1(CC(=O)OCC)CCCCC1. The predicted octanol–water partition coefficient (Wildman–Crippen LogP) is 1.11. The first kappa shape index (κ1) is 15.0. The van der Waals surface area contributed by atoms with Crippen molar-refractivity contribution in [3.63, 3.8) is 0 Å². The predicted molar refractivity (Wildman–Crippen MR) is 66.8 cm³/mol. The number of hydrogen-bond donors (Lipinski definition) is 0. The lowest BCUT2D eigenvalue weighted by Gasteiger charge is -2.39. The summed E-state index contributed by atoms with van der Waals surface area (Å²) < 4.78 is 10.5. The Bertz CT molecular complexity index is 263. The van der Waals surface area contributed by atoms with E-state index in [0.29, 0.717) is 17.7 Å². The summed E-state index contributed by atoms with van der Waals surface area (Å²) in [6, 6.07) is 0. The molecule has 0 amide bonds. The molecule has 0 aromatic carbocycles. The van der Waals surface area contributed by atoms with Crippen LogP contribution in [0.4, 0.5) is 0 Å². The van der Waals surface area contributed by atoms with Crippen LogP contribution in [0.15, 0.2) is 0 Å². The lowest BCUT2D eigenvalue weighted by molar-refractivity contribution is -0.919. The van der Waals surface area contributed by atoms with E-state index in [1.54, 1.807) is 13.8 Å². The Morgan fingerprint density at radius 1 is 0.889 bits per heavy atom. The number of nitrogens with zero attached hydrogens (tertiary/aromatic N) is 1. The van der Waals surface area contributed by atoms with Gasteiger partial charge in [0, 0.05) is 0 Å². The topological polar surface area (TPSA) is 52.6 Å². The first-order valence-electron chi connectivity index (χ1n) is 6.78. The van der Waals surface area contributed by atoms with Gasteiger partial charge < -0.3 is 14.0 Å². The number of esters is 2. The van der Waals surface area contributed by atoms with Crippen molar-refractivity contribution in [2.24, 2.45) is 0 Å². The molecule has 0 radical (unpaired) electrons. The largest absolute Gasteiger partial charge is 0.462 e. The van der Waals surface area contributed by atoms with Gasteiger partial charge in [0.25, 0.3) is 0 Å². The Balaban J connectivity index is 2.62. The number of carbonyl (C=O) groups is 2. The number of hydrogen-bond acceptors (Lipinski definition) is 4. The number of quaternary nitrogens is 1. The number of likely N-dealkylation sites (tertiary alicyclic amines) is 1. The second-order valence-corrected chi connectivity index (χ2v) is 4.78. The second kappa shape index (κ2) is 7.36. The van der Waals surface area contributed by atoms with Crippen molar-refractivity contribution in [2.45, 2.75) is 33.1 Å². The molecule has 0 spiro atoms. The second-order valence-electron chi connectivity index (χ2n) is 4.78. The minimum absolute atomic E-state index is 0.219. The Morgan fingerprint density at radius 2 is 1.33 bits per heavy atom. The first-order valence-corrected chi connectivity index (χ1v) is 6.78. The Kier molecular flexibility index (Phi) is 6.12. The van der Waals surface area contributed by atoms with E-state index in [9.17, 15) is 9.59 Å². The fraction of sp³-hybridized carbons (Fsp3) is 0.846. The van der Waals surface area contributed by atoms with Gasteiger partial charge >= 0.3 is 11.9 Å². The van der Waals surface area contributed by atoms with Crippen LogP contribution < -0.4 is 0 Å². The number of carbonyl (C=O) groups excluding carboxylic acids is 2. The van der Waals surface area contributed by atoms with Gasteiger partial charge in [-0.25, -0.2) is 9.59 Å². The molecular weight excluding hydrogens is 234 g/mol. The molecule has 0 N–H and O–H groups in total. The Morgan fingerprint density at radius 3 is 1.72 bits per heavy atom. The molecular formula is C13H24NO4+. The van der Waals surface area contributed by atoms with Gasteiger partial charge in [0.05, 0.1) is 26.3 Å². The van der Waals surface area contributed by atoms with Crippen molar-refractivity contribution in [3.8, 4) is 0 Å². The van der Waals surface area contributed by atoms with E-state index in [0.717, 1.165) is 25.9 Å². The molecule has 0 aliphatic carbocycles. The number of ether oxygens (including phenoxy) is 2. The summed E-state index contributed by atoms with van der Waals surface area (Å²) in [5.41, 5.74) is 0. The lowest BCUT2D eigenvalue weighted by atomic mass is 10.1. The minimum Gasteiger partial charge on any atom is -0.462 e. The van der Waals surface area contributed by atoms with Gasteiger partial charge in [-0.2, -0.15) is 0 Å². The van der Waals surface area contributed by atoms with Crippen LogP contribution in [-0.2, 0) is 19.1 Å². The standard InChI is InChI=1S/C13H24NO4/c1-3-17-12(15)10-14(8-6-5-7-9-14)11-13(16)18-4-2/h3-11H2,1-2H3/q+1. The molecule has 0 bridgehead atoms. The molecule has 1 aliphatic rings. The van der Waals surface area contributed by atoms with Crippen molar-refractivity contribution >= 4 is 11.9 Å². The highest BCUT2D eigenvalue weighted by molar-refractivity contribution is 5.73. The molecule has 1 rings (SSSR count). The molecule has 0 saturated carbocycles. The van der Waals surface area contributed by atoms with Crippen LogP contribution in [0, 0.1) is 0 Å². The average molecular weight is 258 g/mol. The van der Waals surface area contributed by atoms with Gasteiger partial charge in [-0.3, -0.25) is 0 Å². The molecule has 1 aliphatic heterocycles. The van der Waals surface area contributed by atoms with Crippen LogP contribution in [-0.4, -0.2) is 55.8 Å². The van der Waals surface area contributed by atoms with Crippen LogP contribution >= 0.6 is 0 Å². The summed E-state index contributed by atoms with van der Waals surface area (Å²) in [4.78, 5) is 23.3. The highest BCUT2D eigenvalue weighted by Gasteiger charge is 2.35. The number of rotatable bonds is 6. The van der Waals surface area contributed by atoms with E-state index in [4.69, 9.17) is 9.47 Å². The third-order valence-corrected chi connectivity index (χ3v) is 3.30. The first-order chi connectivity index (χ1) is 8.62. The van der Waals surface area contributed by atoms with Gasteiger partial charge in [-0.15, -0.1) is 0 Å². The van der Waals surface area contributed by atoms with Gasteiger partial charge in [-0.1, -0.05) is 0 Å². The van der Waals surface area contributed by atoms with Crippen LogP contribution in [0.1, 0.15) is 33.1 Å². The summed E-state index contributed by atoms with van der Waals surface area (Å²) in [6.45, 7) is 6.65. The molecule has 0 aromatic rings. The van der Waals surface area contributed by atoms with Crippen molar-refractivity contribution in [2.75, 3.05) is 39.4 Å². The third kappa shape index (κ3) is 4.64. The molecule has 0 atom stereocenters. The minimum atomic E-state index is -0.219. The van der Waals surface area contributed by atoms with Crippen molar-refractivity contribution in [3.05, 3.63) is 0 Å². The quantitative estimate of drug-likeness (QED) is 0.529. The monoisotopic (exact) mass is 258 g/mol. The van der Waals surface area contributed by atoms with Crippen molar-refractivity contribution < 1.29 is 23.5 Å². The molecule has 0 aromatic heterocycles. The van der Waals surface area contributed by atoms with Crippen LogP contribution in [0.3, 0.4) is 0 Å². The van der Waals surface area contributed by atoms with E-state index >= 15 is 0 Å². The maximum absolute atomic E-state index is 11.7. The molecule has 1 fully saturated rings. The zero-order chi connectivity index (χ0) is 13.4. The van der Waals surface area contributed by atoms with E-state index in [1.807, 2.05) is 0 Å². The number of piperidine rings is 1. The highest BCUT2D eigenvalue weighted by Crippen LogP contribution is 2.19. The Labute approximate surface area is 109 Å². The van der Waals surface area contributed by atoms with Crippen molar-refractivity contribution in [1.29, 1.82) is 0 Å². The van der Waals surface area contributed by atoms with E-state index in [2.05, 4.69) is 0 Å². The molecule has 1 saturated heterocycles. The molecule has 5 heteroatoms. The normalized spacial score (nSPS) is 18.1. The fourth-order valence-electron chi connectivity index (χ4n) is 2.52. The summed E-state index contributed by atoms with van der Waals surface area (Å²) in [7, 11) is 0. The van der Waals surface area contributed by atoms with E-state index in [1.165, 1.54) is 6.42 Å². The summed E-state index contributed by atoms with van der Waals surface area (Å²) in [5, 5.41) is 0. The molecule has 18 heavy (non-hydrogen) atoms. The Hall–Kier alpha value is -1.10. The highest BCUT2D eigenvalue weighted by atomic mass is 16.5.